The van der Waals surface area contributed by atoms with E-state index in [1.165, 1.54) is 23.5 Å². The minimum absolute atomic E-state index is 0.125. The maximum atomic E-state index is 11.7. The first-order valence-corrected chi connectivity index (χ1v) is 9.63. The molecule has 0 aliphatic carbocycles. The molecule has 0 radical (unpaired) electrons. The topological polar surface area (TPSA) is 72.3 Å². The van der Waals surface area contributed by atoms with Crippen LogP contribution in [0.4, 0.5) is 0 Å². The number of carbonyl (C=O) groups excluding carboxylic acids is 1. The van der Waals surface area contributed by atoms with Crippen LogP contribution >= 0.6 is 0 Å². The molecule has 0 fully saturated rings. The monoisotopic (exact) mass is 388 g/mol. The van der Waals surface area contributed by atoms with Crippen molar-refractivity contribution in [3.63, 3.8) is 0 Å². The highest BCUT2D eigenvalue weighted by Crippen LogP contribution is 2.24. The Labute approximate surface area is 170 Å². The van der Waals surface area contributed by atoms with Gasteiger partial charge in [-0.1, -0.05) is 60.7 Å². The highest BCUT2D eigenvalue weighted by molar-refractivity contribution is 5.90. The quantitative estimate of drug-likeness (QED) is 0.349. The predicted octanol–water partition coefficient (Wildman–Crippen LogP) is 4.51. The number of hydrogen-bond acceptors (Lipinski definition) is 5. The molecular formula is C24H24N2O3. The summed E-state index contributed by atoms with van der Waals surface area (Å²) in [6, 6.07) is 22.3. The molecule has 0 saturated carbocycles. The second-order valence-corrected chi connectivity index (χ2v) is 6.69. The predicted molar refractivity (Wildman–Crippen MR) is 112 cm³/mol. The number of esters is 1. The summed E-state index contributed by atoms with van der Waals surface area (Å²) in [4.78, 5) is 20.3. The van der Waals surface area contributed by atoms with Gasteiger partial charge in [-0.25, -0.2) is 14.8 Å². The zero-order valence-corrected chi connectivity index (χ0v) is 16.4. The molecule has 0 amide bonds. The van der Waals surface area contributed by atoms with E-state index in [0.717, 1.165) is 18.5 Å². The van der Waals surface area contributed by atoms with Gasteiger partial charge in [-0.2, -0.15) is 0 Å². The fraction of sp³-hybridized carbons (Fsp3) is 0.208. The van der Waals surface area contributed by atoms with E-state index >= 15 is 0 Å². The second-order valence-electron chi connectivity index (χ2n) is 6.69. The van der Waals surface area contributed by atoms with Crippen molar-refractivity contribution in [2.45, 2.75) is 25.7 Å². The summed E-state index contributed by atoms with van der Waals surface area (Å²) in [7, 11) is 0. The fourth-order valence-corrected chi connectivity index (χ4v) is 3.17. The van der Waals surface area contributed by atoms with E-state index in [4.69, 9.17) is 4.74 Å². The molecule has 0 saturated heterocycles. The second kappa shape index (κ2) is 10.2. The van der Waals surface area contributed by atoms with Crippen molar-refractivity contribution in [1.82, 2.24) is 9.97 Å². The van der Waals surface area contributed by atoms with Crippen LogP contribution in [-0.4, -0.2) is 27.7 Å². The molecule has 0 bridgehead atoms. The Hall–Kier alpha value is -3.47. The Kier molecular flexibility index (Phi) is 7.11. The van der Waals surface area contributed by atoms with Crippen molar-refractivity contribution in [2.24, 2.45) is 0 Å². The van der Waals surface area contributed by atoms with Gasteiger partial charge in [-0.3, -0.25) is 0 Å². The van der Waals surface area contributed by atoms with E-state index in [1.807, 2.05) is 42.5 Å². The summed E-state index contributed by atoms with van der Waals surface area (Å²) >= 11 is 0. The van der Waals surface area contributed by atoms with Gasteiger partial charge in [0.15, 0.2) is 0 Å². The highest BCUT2D eigenvalue weighted by atomic mass is 16.5. The van der Waals surface area contributed by atoms with E-state index in [9.17, 15) is 9.90 Å². The van der Waals surface area contributed by atoms with E-state index < -0.39 is 11.7 Å². The number of rotatable bonds is 8. The number of benzene rings is 2. The number of hydrogen-bond donors (Lipinski definition) is 1. The summed E-state index contributed by atoms with van der Waals surface area (Å²) in [5.74, 6) is -1.11. The van der Waals surface area contributed by atoms with Crippen molar-refractivity contribution >= 4 is 12.0 Å². The molecule has 5 nitrogen and oxygen atoms in total. The molecule has 5 heteroatoms. The third kappa shape index (κ3) is 6.01. The van der Waals surface area contributed by atoms with E-state index in [-0.39, 0.29) is 12.5 Å². The van der Waals surface area contributed by atoms with Crippen LogP contribution in [0.3, 0.4) is 0 Å². The van der Waals surface area contributed by atoms with Gasteiger partial charge in [0.05, 0.1) is 12.3 Å². The standard InChI is InChI=1S/C24H24N2O3/c1-2-29-24(28)23(27)16-21-15-22(26-17-25-21)20(13-18-9-5-3-6-10-18)14-19-11-7-4-8-12-19/h3-12,15-17,20,27H,2,13-14H2,1H3/b23-16-. The summed E-state index contributed by atoms with van der Waals surface area (Å²) < 4.78 is 4.81. The van der Waals surface area contributed by atoms with Crippen molar-refractivity contribution in [3.05, 3.63) is 101 Å². The van der Waals surface area contributed by atoms with Crippen LogP contribution in [0, 0.1) is 0 Å². The molecule has 0 unspecified atom stereocenters. The Morgan fingerprint density at radius 2 is 1.59 bits per heavy atom. The average molecular weight is 388 g/mol. The number of aliphatic hydroxyl groups is 1. The molecule has 148 valence electrons. The molecule has 0 spiro atoms. The maximum absolute atomic E-state index is 11.7. The van der Waals surface area contributed by atoms with Crippen LogP contribution in [0.1, 0.15) is 35.4 Å². The molecule has 3 rings (SSSR count). The van der Waals surface area contributed by atoms with E-state index in [2.05, 4.69) is 34.2 Å². The van der Waals surface area contributed by atoms with Gasteiger partial charge >= 0.3 is 5.97 Å². The molecule has 3 aromatic rings. The largest absolute Gasteiger partial charge is 0.502 e. The summed E-state index contributed by atoms with van der Waals surface area (Å²) in [5, 5.41) is 9.93. The van der Waals surface area contributed by atoms with Gasteiger partial charge in [0, 0.05) is 17.7 Å². The minimum Gasteiger partial charge on any atom is -0.502 e. The number of aliphatic hydroxyl groups excluding tert-OH is 1. The fourth-order valence-electron chi connectivity index (χ4n) is 3.17. The first kappa shape index (κ1) is 20.3. The first-order valence-electron chi connectivity index (χ1n) is 9.63. The SMILES string of the molecule is CCOC(=O)/C(O)=C/c1cc(C(Cc2ccccc2)Cc2ccccc2)ncn1. The molecular weight excluding hydrogens is 364 g/mol. The molecule has 1 aromatic heterocycles. The van der Waals surface area contributed by atoms with Crippen molar-refractivity contribution < 1.29 is 14.6 Å². The Balaban J connectivity index is 1.88. The van der Waals surface area contributed by atoms with Crippen molar-refractivity contribution in [3.8, 4) is 0 Å². The third-order valence-electron chi connectivity index (χ3n) is 4.55. The Bertz CT molecular complexity index is 915. The van der Waals surface area contributed by atoms with Crippen LogP contribution < -0.4 is 0 Å². The molecule has 1 N–H and O–H groups in total. The van der Waals surface area contributed by atoms with Crippen LogP contribution in [-0.2, 0) is 22.4 Å². The molecule has 29 heavy (non-hydrogen) atoms. The van der Waals surface area contributed by atoms with Gasteiger partial charge in [-0.15, -0.1) is 0 Å². The summed E-state index contributed by atoms with van der Waals surface area (Å²) in [6.45, 7) is 1.88. The van der Waals surface area contributed by atoms with Crippen LogP contribution in [0.25, 0.3) is 6.08 Å². The van der Waals surface area contributed by atoms with Gasteiger partial charge in [0.2, 0.25) is 5.76 Å². The van der Waals surface area contributed by atoms with Crippen molar-refractivity contribution in [2.75, 3.05) is 6.61 Å². The Morgan fingerprint density at radius 1 is 1.00 bits per heavy atom. The summed E-state index contributed by atoms with van der Waals surface area (Å²) in [6.07, 6.45) is 4.41. The number of nitrogens with zero attached hydrogens (tertiary/aromatic N) is 2. The molecule has 0 aliphatic rings. The van der Waals surface area contributed by atoms with Gasteiger partial charge < -0.3 is 9.84 Å². The molecule has 0 atom stereocenters. The lowest BCUT2D eigenvalue weighted by Gasteiger charge is -2.17. The van der Waals surface area contributed by atoms with E-state index in [1.54, 1.807) is 6.92 Å². The van der Waals surface area contributed by atoms with Crippen LogP contribution in [0.5, 0.6) is 0 Å². The van der Waals surface area contributed by atoms with Gasteiger partial charge in [0.1, 0.15) is 6.33 Å². The lowest BCUT2D eigenvalue weighted by molar-refractivity contribution is -0.141. The molecule has 1 heterocycles. The zero-order valence-electron chi connectivity index (χ0n) is 16.4. The maximum Gasteiger partial charge on any atom is 0.373 e. The highest BCUT2D eigenvalue weighted by Gasteiger charge is 2.16. The zero-order chi connectivity index (χ0) is 20.5. The van der Waals surface area contributed by atoms with E-state index in [0.29, 0.717) is 5.69 Å². The lowest BCUT2D eigenvalue weighted by Crippen LogP contribution is -2.10. The van der Waals surface area contributed by atoms with Crippen LogP contribution in [0.15, 0.2) is 78.8 Å². The smallest absolute Gasteiger partial charge is 0.373 e. The Morgan fingerprint density at radius 3 is 2.14 bits per heavy atom. The average Bonchev–Trinajstić information content (AvgIpc) is 2.75. The number of ether oxygens (including phenoxy) is 1. The van der Waals surface area contributed by atoms with Gasteiger partial charge in [0.25, 0.3) is 0 Å². The lowest BCUT2D eigenvalue weighted by atomic mass is 9.89. The molecule has 0 aliphatic heterocycles. The number of carbonyl (C=O) groups is 1. The summed E-state index contributed by atoms with van der Waals surface area (Å²) in [5.41, 5.74) is 3.76. The third-order valence-corrected chi connectivity index (χ3v) is 4.55. The number of aromatic nitrogens is 2. The first-order chi connectivity index (χ1) is 14.2. The van der Waals surface area contributed by atoms with Crippen molar-refractivity contribution in [1.29, 1.82) is 0 Å². The normalized spacial score (nSPS) is 11.4. The van der Waals surface area contributed by atoms with Crippen LogP contribution in [0.2, 0.25) is 0 Å². The van der Waals surface area contributed by atoms with Gasteiger partial charge in [-0.05, 0) is 37.0 Å². The minimum atomic E-state index is -0.766. The molecule has 2 aromatic carbocycles.